The molecule has 0 aliphatic carbocycles. The quantitative estimate of drug-likeness (QED) is 0.378. The van der Waals surface area contributed by atoms with E-state index in [1.165, 1.54) is 18.4 Å². The maximum absolute atomic E-state index is 13.5. The Morgan fingerprint density at radius 3 is 2.78 bits per heavy atom. The molecule has 41 heavy (non-hydrogen) atoms. The van der Waals surface area contributed by atoms with E-state index in [2.05, 4.69) is 15.6 Å². The standard InChI is InChI=1S/C30H28N4O6S/c1-38-25-9-5-19-12-26(25)39-16-28(35)31-14-18-2-6-21(7-3-18)40-24-10-11-34(15-23(24)33-29(19)36)30(37)20-4-8-22-27(13-20)41-17-32-22/h2-9,12-13,17,23-24H,10-11,14-16H2,1H3,(H,31,35)(H,33,36)/t23-,24+/m0/s1. The first-order valence-corrected chi connectivity index (χ1v) is 14.1. The summed E-state index contributed by atoms with van der Waals surface area (Å²) in [5.41, 5.74) is 4.42. The Bertz CT molecular complexity index is 1600. The van der Waals surface area contributed by atoms with Crippen LogP contribution in [0.2, 0.25) is 0 Å². The molecule has 3 aromatic carbocycles. The number of likely N-dealkylation sites (tertiary alicyclic amines) is 1. The fourth-order valence-electron chi connectivity index (χ4n) is 5.00. The number of nitrogens with one attached hydrogen (secondary N) is 2. The van der Waals surface area contributed by atoms with Crippen LogP contribution < -0.4 is 24.8 Å². The highest BCUT2D eigenvalue weighted by atomic mass is 32.1. The van der Waals surface area contributed by atoms with Crippen LogP contribution >= 0.6 is 11.3 Å². The molecule has 0 saturated carbocycles. The summed E-state index contributed by atoms with van der Waals surface area (Å²) in [6.45, 7) is 0.834. The molecule has 3 aliphatic heterocycles. The van der Waals surface area contributed by atoms with Crippen LogP contribution in [-0.4, -0.2) is 66.6 Å². The summed E-state index contributed by atoms with van der Waals surface area (Å²) in [6, 6.07) is 17.2. The van der Waals surface area contributed by atoms with Gasteiger partial charge in [-0.3, -0.25) is 14.4 Å². The van der Waals surface area contributed by atoms with Gasteiger partial charge in [0.25, 0.3) is 17.7 Å². The van der Waals surface area contributed by atoms with Gasteiger partial charge in [0, 0.05) is 37.2 Å². The molecular weight excluding hydrogens is 544 g/mol. The summed E-state index contributed by atoms with van der Waals surface area (Å²) < 4.78 is 18.4. The number of amides is 3. The third kappa shape index (κ3) is 5.80. The lowest BCUT2D eigenvalue weighted by atomic mass is 10.00. The predicted octanol–water partition coefficient (Wildman–Crippen LogP) is 3.41. The highest BCUT2D eigenvalue weighted by Crippen LogP contribution is 2.29. The molecule has 3 aliphatic rings. The van der Waals surface area contributed by atoms with Crippen molar-refractivity contribution in [2.24, 2.45) is 0 Å². The van der Waals surface area contributed by atoms with E-state index >= 15 is 0 Å². The minimum Gasteiger partial charge on any atom is -0.493 e. The van der Waals surface area contributed by atoms with E-state index in [0.717, 1.165) is 15.8 Å². The summed E-state index contributed by atoms with van der Waals surface area (Å²) in [4.78, 5) is 45.4. The molecule has 210 valence electrons. The van der Waals surface area contributed by atoms with Gasteiger partial charge in [-0.15, -0.1) is 11.3 Å². The highest BCUT2D eigenvalue weighted by molar-refractivity contribution is 7.16. The summed E-state index contributed by atoms with van der Waals surface area (Å²) in [7, 11) is 1.49. The fraction of sp³-hybridized carbons (Fsp3) is 0.267. The van der Waals surface area contributed by atoms with E-state index in [1.54, 1.807) is 34.7 Å². The highest BCUT2D eigenvalue weighted by Gasteiger charge is 2.35. The minimum absolute atomic E-state index is 0.113. The zero-order valence-corrected chi connectivity index (χ0v) is 23.1. The largest absolute Gasteiger partial charge is 0.493 e. The first-order chi connectivity index (χ1) is 20.0. The topological polar surface area (TPSA) is 119 Å². The number of benzene rings is 3. The SMILES string of the molecule is COc1ccc2cc1OCC(=O)NCc1ccc(cc1)O[C@@H]1CCN(C(=O)c3ccc4ncsc4c3)C[C@@H]1NC2=O. The molecule has 10 nitrogen and oxygen atoms in total. The van der Waals surface area contributed by atoms with Gasteiger partial charge in [-0.25, -0.2) is 4.98 Å². The lowest BCUT2D eigenvalue weighted by molar-refractivity contribution is -0.123. The Hall–Kier alpha value is -4.64. The molecule has 4 heterocycles. The van der Waals surface area contributed by atoms with Crippen molar-refractivity contribution in [3.63, 3.8) is 0 Å². The van der Waals surface area contributed by atoms with Crippen LogP contribution in [0, 0.1) is 0 Å². The zero-order valence-electron chi connectivity index (χ0n) is 22.3. The van der Waals surface area contributed by atoms with E-state index in [4.69, 9.17) is 14.2 Å². The Morgan fingerprint density at radius 1 is 1.10 bits per heavy atom. The fourth-order valence-corrected chi connectivity index (χ4v) is 5.72. The molecule has 0 spiro atoms. The zero-order chi connectivity index (χ0) is 28.3. The van der Waals surface area contributed by atoms with Crippen molar-refractivity contribution in [1.29, 1.82) is 0 Å². The van der Waals surface area contributed by atoms with Crippen LogP contribution in [0.15, 0.2) is 66.2 Å². The number of nitrogens with zero attached hydrogens (tertiary/aromatic N) is 2. The van der Waals surface area contributed by atoms with Crippen LogP contribution in [0.1, 0.15) is 32.7 Å². The van der Waals surface area contributed by atoms with Crippen molar-refractivity contribution in [1.82, 2.24) is 20.5 Å². The van der Waals surface area contributed by atoms with Crippen molar-refractivity contribution in [2.45, 2.75) is 25.1 Å². The van der Waals surface area contributed by atoms with Gasteiger partial charge in [-0.05, 0) is 54.1 Å². The number of aromatic nitrogens is 1. The molecule has 11 heteroatoms. The molecule has 3 amide bonds. The van der Waals surface area contributed by atoms with Crippen molar-refractivity contribution in [3.05, 3.63) is 82.9 Å². The molecular formula is C30H28N4O6S. The number of methoxy groups -OCH3 is 1. The lowest BCUT2D eigenvalue weighted by Crippen LogP contribution is -2.58. The van der Waals surface area contributed by atoms with Crippen molar-refractivity contribution < 1.29 is 28.6 Å². The molecule has 0 unspecified atom stereocenters. The minimum atomic E-state index is -0.489. The van der Waals surface area contributed by atoms with Crippen molar-refractivity contribution >= 4 is 39.3 Å². The Balaban J connectivity index is 1.29. The summed E-state index contributed by atoms with van der Waals surface area (Å²) in [6.07, 6.45) is 0.149. The number of carbonyl (C=O) groups excluding carboxylic acids is 3. The molecule has 4 aromatic rings. The average Bonchev–Trinajstić information content (AvgIpc) is 3.47. The first-order valence-electron chi connectivity index (χ1n) is 13.2. The molecule has 1 fully saturated rings. The van der Waals surface area contributed by atoms with Crippen LogP contribution in [0.3, 0.4) is 0 Å². The third-order valence-corrected chi connectivity index (χ3v) is 8.01. The number of piperidine rings is 1. The van der Waals surface area contributed by atoms with Crippen LogP contribution in [0.4, 0.5) is 0 Å². The van der Waals surface area contributed by atoms with Crippen LogP contribution in [0.5, 0.6) is 17.2 Å². The van der Waals surface area contributed by atoms with Gasteiger partial charge >= 0.3 is 0 Å². The number of fused-ring (bicyclic) bond motifs is 8. The molecule has 1 saturated heterocycles. The molecule has 7 rings (SSSR count). The summed E-state index contributed by atoms with van der Waals surface area (Å²) in [5, 5.41) is 5.90. The van der Waals surface area contributed by atoms with Gasteiger partial charge in [0.2, 0.25) is 0 Å². The van der Waals surface area contributed by atoms with Crippen LogP contribution in [0.25, 0.3) is 10.2 Å². The molecule has 2 atom stereocenters. The van der Waals surface area contributed by atoms with Gasteiger partial charge in [-0.1, -0.05) is 12.1 Å². The van der Waals surface area contributed by atoms with E-state index < -0.39 is 6.04 Å². The average molecular weight is 573 g/mol. The smallest absolute Gasteiger partial charge is 0.258 e. The number of hydrogen-bond acceptors (Lipinski definition) is 8. The van der Waals surface area contributed by atoms with E-state index in [0.29, 0.717) is 42.1 Å². The second-order valence-corrected chi connectivity index (χ2v) is 10.8. The molecule has 2 N–H and O–H groups in total. The summed E-state index contributed by atoms with van der Waals surface area (Å²) >= 11 is 1.49. The van der Waals surface area contributed by atoms with Gasteiger partial charge in [-0.2, -0.15) is 0 Å². The van der Waals surface area contributed by atoms with Crippen molar-refractivity contribution in [2.75, 3.05) is 26.8 Å². The van der Waals surface area contributed by atoms with E-state index in [1.807, 2.05) is 36.4 Å². The van der Waals surface area contributed by atoms with Crippen molar-refractivity contribution in [3.8, 4) is 17.2 Å². The van der Waals surface area contributed by atoms with Gasteiger partial charge < -0.3 is 29.7 Å². The monoisotopic (exact) mass is 572 g/mol. The van der Waals surface area contributed by atoms with Crippen LogP contribution in [-0.2, 0) is 11.3 Å². The number of ether oxygens (including phenoxy) is 3. The lowest BCUT2D eigenvalue weighted by Gasteiger charge is -2.39. The number of carbonyl (C=O) groups is 3. The maximum atomic E-state index is 13.5. The van der Waals surface area contributed by atoms with Gasteiger partial charge in [0.05, 0.1) is 28.9 Å². The number of rotatable bonds is 2. The maximum Gasteiger partial charge on any atom is 0.258 e. The second-order valence-electron chi connectivity index (χ2n) is 9.89. The van der Waals surface area contributed by atoms with E-state index in [-0.39, 0.29) is 42.7 Å². The van der Waals surface area contributed by atoms with E-state index in [9.17, 15) is 14.4 Å². The molecule has 4 bridgehead atoms. The molecule has 0 radical (unpaired) electrons. The normalized spacial score (nSPS) is 19.3. The van der Waals surface area contributed by atoms with Gasteiger partial charge in [0.1, 0.15) is 11.9 Å². The Morgan fingerprint density at radius 2 is 1.95 bits per heavy atom. The first kappa shape index (κ1) is 26.6. The third-order valence-electron chi connectivity index (χ3n) is 7.22. The number of hydrogen-bond donors (Lipinski definition) is 2. The second kappa shape index (κ2) is 11.5. The van der Waals surface area contributed by atoms with Gasteiger partial charge in [0.15, 0.2) is 18.1 Å². The number of thiazole rings is 1. The Kier molecular flexibility index (Phi) is 7.43. The Labute approximate surface area is 240 Å². The predicted molar refractivity (Wildman–Crippen MR) is 153 cm³/mol. The molecule has 1 aromatic heterocycles. The summed E-state index contributed by atoms with van der Waals surface area (Å²) in [5.74, 6) is 0.529.